The standard InChI is InChI=1S/C9H6NO/c11-9-5-6-10-8-4-2-1-3-7(8)9/h1-3,5-6H,(H,10,11). The fraction of sp³-hybridized carbons (Fsp3) is 0. The number of hydrogen-bond acceptors (Lipinski definition) is 1. The highest BCUT2D eigenvalue weighted by Gasteiger charge is 1.93. The minimum atomic E-state index is 0.0376. The van der Waals surface area contributed by atoms with Gasteiger partial charge in [-0.1, -0.05) is 12.1 Å². The molecule has 0 aliphatic heterocycles. The molecule has 0 fully saturated rings. The maximum Gasteiger partial charge on any atom is 0.189 e. The summed E-state index contributed by atoms with van der Waals surface area (Å²) in [6.07, 6.45) is 1.63. The van der Waals surface area contributed by atoms with E-state index in [1.165, 1.54) is 6.07 Å². The van der Waals surface area contributed by atoms with Gasteiger partial charge in [0, 0.05) is 23.7 Å². The molecule has 0 aliphatic rings. The lowest BCUT2D eigenvalue weighted by Crippen LogP contribution is -1.98. The van der Waals surface area contributed by atoms with Crippen molar-refractivity contribution >= 4 is 10.9 Å². The number of hydrogen-bond donors (Lipinski definition) is 1. The van der Waals surface area contributed by atoms with Gasteiger partial charge in [-0.15, -0.1) is 0 Å². The van der Waals surface area contributed by atoms with Gasteiger partial charge in [-0.3, -0.25) is 4.79 Å². The van der Waals surface area contributed by atoms with Gasteiger partial charge in [0.05, 0.1) is 5.52 Å². The summed E-state index contributed by atoms with van der Waals surface area (Å²) in [5.74, 6) is 0. The Kier molecular flexibility index (Phi) is 1.25. The van der Waals surface area contributed by atoms with Gasteiger partial charge >= 0.3 is 0 Å². The summed E-state index contributed by atoms with van der Waals surface area (Å²) < 4.78 is 0. The minimum Gasteiger partial charge on any atom is -0.360 e. The second kappa shape index (κ2) is 2.23. The highest BCUT2D eigenvalue weighted by molar-refractivity contribution is 5.76. The van der Waals surface area contributed by atoms with Crippen LogP contribution in [-0.2, 0) is 0 Å². The smallest absolute Gasteiger partial charge is 0.189 e. The van der Waals surface area contributed by atoms with Crippen LogP contribution in [0.5, 0.6) is 0 Å². The van der Waals surface area contributed by atoms with Crippen LogP contribution in [0.15, 0.2) is 35.3 Å². The highest BCUT2D eigenvalue weighted by atomic mass is 16.1. The lowest BCUT2D eigenvalue weighted by Gasteiger charge is -1.92. The lowest BCUT2D eigenvalue weighted by molar-refractivity contribution is 1.39. The first kappa shape index (κ1) is 6.16. The molecule has 0 saturated heterocycles. The van der Waals surface area contributed by atoms with E-state index in [1.807, 2.05) is 0 Å². The Bertz CT molecular complexity index is 425. The zero-order valence-electron chi connectivity index (χ0n) is 5.79. The molecule has 1 heterocycles. The number of nitrogens with one attached hydrogen (secondary N) is 1. The van der Waals surface area contributed by atoms with Gasteiger partial charge in [-0.05, 0) is 6.07 Å². The Morgan fingerprint density at radius 2 is 2.27 bits per heavy atom. The second-order valence-corrected chi connectivity index (χ2v) is 2.30. The molecule has 1 aromatic heterocycles. The largest absolute Gasteiger partial charge is 0.360 e. The molecular weight excluding hydrogens is 138 g/mol. The van der Waals surface area contributed by atoms with E-state index < -0.39 is 0 Å². The molecule has 1 N–H and O–H groups in total. The molecule has 2 aromatic rings. The van der Waals surface area contributed by atoms with Crippen LogP contribution in [-0.4, -0.2) is 4.98 Å². The third-order valence-electron chi connectivity index (χ3n) is 1.58. The molecule has 0 amide bonds. The van der Waals surface area contributed by atoms with E-state index in [2.05, 4.69) is 11.1 Å². The molecule has 1 radical (unpaired) electrons. The predicted molar refractivity (Wildman–Crippen MR) is 43.4 cm³/mol. The van der Waals surface area contributed by atoms with Gasteiger partial charge < -0.3 is 4.98 Å². The van der Waals surface area contributed by atoms with E-state index in [1.54, 1.807) is 24.4 Å². The molecule has 0 saturated carbocycles. The van der Waals surface area contributed by atoms with E-state index in [0.717, 1.165) is 5.52 Å². The third kappa shape index (κ3) is 0.923. The van der Waals surface area contributed by atoms with Crippen molar-refractivity contribution in [3.05, 3.63) is 46.8 Å². The third-order valence-corrected chi connectivity index (χ3v) is 1.58. The Balaban J connectivity index is 3.03. The van der Waals surface area contributed by atoms with Crippen LogP contribution >= 0.6 is 0 Å². The van der Waals surface area contributed by atoms with Crippen molar-refractivity contribution in [2.24, 2.45) is 0 Å². The van der Waals surface area contributed by atoms with Crippen molar-refractivity contribution in [3.63, 3.8) is 0 Å². The number of H-pyrrole nitrogens is 1. The van der Waals surface area contributed by atoms with Crippen LogP contribution in [0.3, 0.4) is 0 Å². The Labute approximate surface area is 63.5 Å². The number of para-hydroxylation sites is 1. The van der Waals surface area contributed by atoms with Gasteiger partial charge in [-0.25, -0.2) is 0 Å². The maximum atomic E-state index is 11.1. The van der Waals surface area contributed by atoms with Crippen molar-refractivity contribution in [2.45, 2.75) is 0 Å². The van der Waals surface area contributed by atoms with Crippen molar-refractivity contribution in [1.82, 2.24) is 4.98 Å². The van der Waals surface area contributed by atoms with Crippen molar-refractivity contribution in [3.8, 4) is 0 Å². The second-order valence-electron chi connectivity index (χ2n) is 2.30. The van der Waals surface area contributed by atoms with Crippen molar-refractivity contribution in [1.29, 1.82) is 0 Å². The SMILES string of the molecule is O=c1cc[nH]c2[c]cccc12. The van der Waals surface area contributed by atoms with Gasteiger partial charge in [0.25, 0.3) is 0 Å². The number of rotatable bonds is 0. The van der Waals surface area contributed by atoms with E-state index in [0.29, 0.717) is 5.39 Å². The zero-order valence-corrected chi connectivity index (χ0v) is 5.79. The fourth-order valence-electron chi connectivity index (χ4n) is 1.05. The monoisotopic (exact) mass is 144 g/mol. The van der Waals surface area contributed by atoms with Crippen LogP contribution in [0, 0.1) is 6.07 Å². The molecule has 0 bridgehead atoms. The molecule has 0 unspecified atom stereocenters. The molecule has 1 aromatic carbocycles. The van der Waals surface area contributed by atoms with Crippen LogP contribution in [0.25, 0.3) is 10.9 Å². The maximum absolute atomic E-state index is 11.1. The van der Waals surface area contributed by atoms with Gasteiger partial charge in [0.2, 0.25) is 0 Å². The molecule has 0 aliphatic carbocycles. The van der Waals surface area contributed by atoms with Crippen LogP contribution in [0.4, 0.5) is 0 Å². The molecule has 11 heavy (non-hydrogen) atoms. The molecule has 0 spiro atoms. The lowest BCUT2D eigenvalue weighted by atomic mass is 10.2. The molecule has 0 atom stereocenters. The number of aromatic nitrogens is 1. The van der Waals surface area contributed by atoms with E-state index in [4.69, 9.17) is 0 Å². The summed E-state index contributed by atoms with van der Waals surface area (Å²) in [5, 5.41) is 0.690. The van der Waals surface area contributed by atoms with Gasteiger partial charge in [0.1, 0.15) is 0 Å². The minimum absolute atomic E-state index is 0.0376. The quantitative estimate of drug-likeness (QED) is 0.594. The van der Waals surface area contributed by atoms with Crippen LogP contribution in [0.2, 0.25) is 0 Å². The first-order valence-electron chi connectivity index (χ1n) is 3.36. The first-order chi connectivity index (χ1) is 5.38. The summed E-state index contributed by atoms with van der Waals surface area (Å²) in [6, 6.07) is 9.81. The zero-order chi connectivity index (χ0) is 7.68. The Morgan fingerprint density at radius 1 is 1.36 bits per heavy atom. The van der Waals surface area contributed by atoms with Crippen LogP contribution < -0.4 is 5.43 Å². The number of benzene rings is 1. The predicted octanol–water partition coefficient (Wildman–Crippen LogP) is 1.33. The normalized spacial score (nSPS) is 10.2. The summed E-state index contributed by atoms with van der Waals surface area (Å²) in [7, 11) is 0. The number of pyridine rings is 1. The fourth-order valence-corrected chi connectivity index (χ4v) is 1.05. The number of aromatic amines is 1. The summed E-state index contributed by atoms with van der Waals surface area (Å²) >= 11 is 0. The van der Waals surface area contributed by atoms with Gasteiger partial charge in [-0.2, -0.15) is 0 Å². The average Bonchev–Trinajstić information content (AvgIpc) is 2.06. The summed E-state index contributed by atoms with van der Waals surface area (Å²) in [5.41, 5.74) is 0.801. The molecule has 2 nitrogen and oxygen atoms in total. The first-order valence-corrected chi connectivity index (χ1v) is 3.36. The van der Waals surface area contributed by atoms with E-state index >= 15 is 0 Å². The molecule has 53 valence electrons. The summed E-state index contributed by atoms with van der Waals surface area (Å²) in [4.78, 5) is 14.1. The van der Waals surface area contributed by atoms with Gasteiger partial charge in [0.15, 0.2) is 5.43 Å². The Morgan fingerprint density at radius 3 is 3.09 bits per heavy atom. The van der Waals surface area contributed by atoms with Crippen LogP contribution in [0.1, 0.15) is 0 Å². The average molecular weight is 144 g/mol. The van der Waals surface area contributed by atoms with Crippen molar-refractivity contribution < 1.29 is 0 Å². The van der Waals surface area contributed by atoms with Crippen molar-refractivity contribution in [2.75, 3.05) is 0 Å². The van der Waals surface area contributed by atoms with E-state index in [-0.39, 0.29) is 5.43 Å². The molecular formula is C9H6NO. The molecule has 2 rings (SSSR count). The summed E-state index contributed by atoms with van der Waals surface area (Å²) in [6.45, 7) is 0. The number of fused-ring (bicyclic) bond motifs is 1. The topological polar surface area (TPSA) is 32.9 Å². The molecule has 2 heteroatoms. The highest BCUT2D eigenvalue weighted by Crippen LogP contribution is 2.02. The Hall–Kier alpha value is -1.57. The van der Waals surface area contributed by atoms with E-state index in [9.17, 15) is 4.79 Å².